The molecule has 2 aromatic heterocycles. The van der Waals surface area contributed by atoms with Crippen molar-refractivity contribution in [1.29, 1.82) is 0 Å². The number of aryl methyl sites for hydroxylation is 1. The summed E-state index contributed by atoms with van der Waals surface area (Å²) in [7, 11) is 0. The number of thiophene rings is 1. The first-order valence-corrected chi connectivity index (χ1v) is 9.41. The van der Waals surface area contributed by atoms with Crippen LogP contribution in [0.4, 0.5) is 0 Å². The van der Waals surface area contributed by atoms with Crippen LogP contribution in [0, 0.1) is 12.8 Å². The highest BCUT2D eigenvalue weighted by molar-refractivity contribution is 7.20. The molecule has 1 amide bonds. The number of aromatic nitrogens is 2. The molecule has 3 heterocycles. The van der Waals surface area contributed by atoms with Crippen LogP contribution >= 0.6 is 11.3 Å². The molecule has 134 valence electrons. The molecule has 6 nitrogen and oxygen atoms in total. The predicted octanol–water partition coefficient (Wildman–Crippen LogP) is 2.66. The molecule has 0 aliphatic carbocycles. The van der Waals surface area contributed by atoms with Gasteiger partial charge >= 0.3 is 0 Å². The SMILES string of the molecule is Cc1c(C(=O)NC[C@@H]2CCOc3ccccc3C2)sc2nc[nH]c(=O)c12. The van der Waals surface area contributed by atoms with Crippen molar-refractivity contribution in [3.8, 4) is 5.75 Å². The summed E-state index contributed by atoms with van der Waals surface area (Å²) in [6.45, 7) is 3.02. The van der Waals surface area contributed by atoms with Gasteiger partial charge in [0.25, 0.3) is 11.5 Å². The maximum Gasteiger partial charge on any atom is 0.261 e. The Morgan fingerprint density at radius 3 is 3.12 bits per heavy atom. The molecule has 3 aromatic rings. The van der Waals surface area contributed by atoms with Gasteiger partial charge in [0.15, 0.2) is 0 Å². The van der Waals surface area contributed by atoms with Crippen molar-refractivity contribution in [2.45, 2.75) is 19.8 Å². The molecule has 4 rings (SSSR count). The average molecular weight is 369 g/mol. The number of rotatable bonds is 3. The molecular formula is C19H19N3O3S. The summed E-state index contributed by atoms with van der Waals surface area (Å²) >= 11 is 1.26. The minimum Gasteiger partial charge on any atom is -0.493 e. The van der Waals surface area contributed by atoms with Gasteiger partial charge in [-0.05, 0) is 42.9 Å². The van der Waals surface area contributed by atoms with Gasteiger partial charge < -0.3 is 15.0 Å². The number of carbonyl (C=O) groups is 1. The van der Waals surface area contributed by atoms with Crippen molar-refractivity contribution in [3.63, 3.8) is 0 Å². The number of amides is 1. The van der Waals surface area contributed by atoms with E-state index in [1.165, 1.54) is 23.2 Å². The summed E-state index contributed by atoms with van der Waals surface area (Å²) in [5, 5.41) is 3.52. The van der Waals surface area contributed by atoms with Gasteiger partial charge in [-0.2, -0.15) is 0 Å². The summed E-state index contributed by atoms with van der Waals surface area (Å²) < 4.78 is 5.79. The van der Waals surface area contributed by atoms with Crippen LogP contribution in [0.25, 0.3) is 10.2 Å². The Morgan fingerprint density at radius 2 is 2.27 bits per heavy atom. The van der Waals surface area contributed by atoms with E-state index in [4.69, 9.17) is 4.74 Å². The first-order chi connectivity index (χ1) is 12.6. The monoisotopic (exact) mass is 369 g/mol. The molecule has 0 unspecified atom stereocenters. The Balaban J connectivity index is 1.49. The van der Waals surface area contributed by atoms with E-state index in [9.17, 15) is 9.59 Å². The minimum atomic E-state index is -0.208. The molecule has 0 saturated heterocycles. The fourth-order valence-electron chi connectivity index (χ4n) is 3.35. The Bertz CT molecular complexity index is 1020. The molecule has 2 N–H and O–H groups in total. The van der Waals surface area contributed by atoms with Crippen LogP contribution in [0.5, 0.6) is 5.75 Å². The van der Waals surface area contributed by atoms with Crippen LogP contribution in [0.15, 0.2) is 35.4 Å². The maximum absolute atomic E-state index is 12.6. The molecule has 1 aromatic carbocycles. The lowest BCUT2D eigenvalue weighted by atomic mass is 9.97. The van der Waals surface area contributed by atoms with Gasteiger partial charge in [0.1, 0.15) is 10.6 Å². The topological polar surface area (TPSA) is 84.1 Å². The van der Waals surface area contributed by atoms with E-state index in [2.05, 4.69) is 21.4 Å². The molecule has 1 aliphatic rings. The third kappa shape index (κ3) is 3.10. The van der Waals surface area contributed by atoms with Crippen LogP contribution in [-0.2, 0) is 6.42 Å². The highest BCUT2D eigenvalue weighted by atomic mass is 32.1. The fraction of sp³-hybridized carbons (Fsp3) is 0.316. The lowest BCUT2D eigenvalue weighted by molar-refractivity contribution is 0.0949. The van der Waals surface area contributed by atoms with Crippen molar-refractivity contribution >= 4 is 27.5 Å². The van der Waals surface area contributed by atoms with Gasteiger partial charge in [-0.1, -0.05) is 18.2 Å². The van der Waals surface area contributed by atoms with Crippen molar-refractivity contribution in [3.05, 3.63) is 57.0 Å². The summed E-state index contributed by atoms with van der Waals surface area (Å²) in [6, 6.07) is 8.04. The second kappa shape index (κ2) is 6.92. The van der Waals surface area contributed by atoms with E-state index in [0.29, 0.717) is 39.7 Å². The standard InChI is InChI=1S/C19H19N3O3S/c1-11-15-17(23)21-10-22-19(15)26-16(11)18(24)20-9-12-6-7-25-14-5-3-2-4-13(14)8-12/h2-5,10,12H,6-9H2,1H3,(H,20,24)(H,21,22,23)/t12-/m1/s1. The summed E-state index contributed by atoms with van der Waals surface area (Å²) in [4.78, 5) is 32.5. The van der Waals surface area contributed by atoms with E-state index < -0.39 is 0 Å². The predicted molar refractivity (Wildman–Crippen MR) is 101 cm³/mol. The van der Waals surface area contributed by atoms with Gasteiger partial charge in [0.2, 0.25) is 0 Å². The molecule has 1 aliphatic heterocycles. The largest absolute Gasteiger partial charge is 0.493 e. The van der Waals surface area contributed by atoms with Crippen molar-refractivity contribution in [1.82, 2.24) is 15.3 Å². The first-order valence-electron chi connectivity index (χ1n) is 8.59. The smallest absolute Gasteiger partial charge is 0.261 e. The van der Waals surface area contributed by atoms with E-state index in [0.717, 1.165) is 18.6 Å². The minimum absolute atomic E-state index is 0.150. The number of hydrogen-bond donors (Lipinski definition) is 2. The Kier molecular flexibility index (Phi) is 4.46. The molecule has 0 bridgehead atoms. The lowest BCUT2D eigenvalue weighted by Gasteiger charge is -2.14. The van der Waals surface area contributed by atoms with E-state index in [1.54, 1.807) is 6.92 Å². The van der Waals surface area contributed by atoms with Crippen LogP contribution in [-0.4, -0.2) is 29.0 Å². The number of para-hydroxylation sites is 1. The number of nitrogens with zero attached hydrogens (tertiary/aromatic N) is 1. The van der Waals surface area contributed by atoms with E-state index in [-0.39, 0.29) is 11.5 Å². The normalized spacial score (nSPS) is 16.6. The van der Waals surface area contributed by atoms with Crippen molar-refractivity contribution in [2.24, 2.45) is 5.92 Å². The zero-order chi connectivity index (χ0) is 18.1. The van der Waals surface area contributed by atoms with Gasteiger partial charge in [0.05, 0.1) is 23.2 Å². The second-order valence-corrected chi connectivity index (χ2v) is 7.49. The molecule has 0 saturated carbocycles. The molecule has 1 atom stereocenters. The number of carbonyl (C=O) groups excluding carboxylic acids is 1. The molecule has 0 spiro atoms. The van der Waals surface area contributed by atoms with Gasteiger partial charge in [0, 0.05) is 6.54 Å². The summed E-state index contributed by atoms with van der Waals surface area (Å²) in [5.41, 5.74) is 1.66. The third-order valence-corrected chi connectivity index (χ3v) is 5.95. The quantitative estimate of drug-likeness (QED) is 0.743. The first kappa shape index (κ1) is 16.8. The molecule has 0 fully saturated rings. The summed E-state index contributed by atoms with van der Waals surface area (Å²) in [6.07, 6.45) is 3.13. The zero-order valence-corrected chi connectivity index (χ0v) is 15.2. The molecule has 0 radical (unpaired) electrons. The number of hydrogen-bond acceptors (Lipinski definition) is 5. The Hall–Kier alpha value is -2.67. The number of H-pyrrole nitrogens is 1. The number of ether oxygens (including phenoxy) is 1. The Morgan fingerprint density at radius 1 is 1.42 bits per heavy atom. The lowest BCUT2D eigenvalue weighted by Crippen LogP contribution is -2.30. The van der Waals surface area contributed by atoms with Crippen LogP contribution in [0.1, 0.15) is 27.2 Å². The van der Waals surface area contributed by atoms with E-state index >= 15 is 0 Å². The number of fused-ring (bicyclic) bond motifs is 2. The highest BCUT2D eigenvalue weighted by Crippen LogP contribution is 2.28. The van der Waals surface area contributed by atoms with Gasteiger partial charge in [-0.15, -0.1) is 11.3 Å². The number of nitrogens with one attached hydrogen (secondary N) is 2. The third-order valence-electron chi connectivity index (χ3n) is 4.76. The van der Waals surface area contributed by atoms with Crippen LogP contribution < -0.4 is 15.6 Å². The van der Waals surface area contributed by atoms with Gasteiger partial charge in [-0.25, -0.2) is 4.98 Å². The maximum atomic E-state index is 12.6. The van der Waals surface area contributed by atoms with Crippen molar-refractivity contribution < 1.29 is 9.53 Å². The molecular weight excluding hydrogens is 350 g/mol. The van der Waals surface area contributed by atoms with Gasteiger partial charge in [-0.3, -0.25) is 9.59 Å². The summed E-state index contributed by atoms with van der Waals surface area (Å²) in [5.74, 6) is 1.11. The second-order valence-electron chi connectivity index (χ2n) is 6.49. The van der Waals surface area contributed by atoms with E-state index in [1.807, 2.05) is 18.2 Å². The van der Waals surface area contributed by atoms with Crippen molar-refractivity contribution in [2.75, 3.05) is 13.2 Å². The fourth-order valence-corrected chi connectivity index (χ4v) is 4.41. The van der Waals surface area contributed by atoms with Crippen LogP contribution in [0.3, 0.4) is 0 Å². The zero-order valence-electron chi connectivity index (χ0n) is 14.4. The molecule has 26 heavy (non-hydrogen) atoms. The Labute approximate surface area is 154 Å². The van der Waals surface area contributed by atoms with Crippen LogP contribution in [0.2, 0.25) is 0 Å². The molecule has 7 heteroatoms. The number of benzene rings is 1. The average Bonchev–Trinajstić information content (AvgIpc) is 2.85. The number of aromatic amines is 1. The highest BCUT2D eigenvalue weighted by Gasteiger charge is 2.21.